The van der Waals surface area contributed by atoms with E-state index >= 15 is 0 Å². The Bertz CT molecular complexity index is 553. The van der Waals surface area contributed by atoms with Crippen LogP contribution in [0.25, 0.3) is 0 Å². The van der Waals surface area contributed by atoms with E-state index in [1.165, 1.54) is 10.5 Å². The number of carbonyl (C=O) groups is 1. The summed E-state index contributed by atoms with van der Waals surface area (Å²) < 4.78 is 0. The fraction of sp³-hybridized carbons (Fsp3) is 0.556. The average molecular weight is 349 g/mol. The van der Waals surface area contributed by atoms with Gasteiger partial charge in [-0.05, 0) is 43.7 Å². The van der Waals surface area contributed by atoms with Crippen LogP contribution in [0.5, 0.6) is 0 Å². The third-order valence-electron chi connectivity index (χ3n) is 4.10. The van der Waals surface area contributed by atoms with E-state index in [0.29, 0.717) is 0 Å². The Morgan fingerprint density at radius 1 is 1.29 bits per heavy atom. The third kappa shape index (κ3) is 5.44. The van der Waals surface area contributed by atoms with Gasteiger partial charge in [-0.2, -0.15) is 0 Å². The Hall–Kier alpha value is -1.69. The number of nitrogens with zero attached hydrogens (tertiary/aromatic N) is 3. The first kappa shape index (κ1) is 18.6. The van der Waals surface area contributed by atoms with E-state index in [4.69, 9.17) is 0 Å². The van der Waals surface area contributed by atoms with Crippen LogP contribution < -0.4 is 5.32 Å². The first-order chi connectivity index (χ1) is 11.6. The maximum absolute atomic E-state index is 12.2. The second kappa shape index (κ2) is 9.57. The third-order valence-corrected chi connectivity index (χ3v) is 4.84. The number of nitrogens with one attached hydrogen (secondary N) is 1. The summed E-state index contributed by atoms with van der Waals surface area (Å²) in [6.45, 7) is 5.56. The van der Waals surface area contributed by atoms with Crippen molar-refractivity contribution in [1.82, 2.24) is 15.1 Å². The molecule has 1 aromatic carbocycles. The number of carbonyl (C=O) groups excluding carboxylic acids is 1. The van der Waals surface area contributed by atoms with E-state index in [2.05, 4.69) is 45.7 Å². The molecule has 0 saturated carbocycles. The summed E-state index contributed by atoms with van der Waals surface area (Å²) in [5, 5.41) is 3.27. The summed E-state index contributed by atoms with van der Waals surface area (Å²) >= 11 is 1.74. The number of guanidine groups is 1. The van der Waals surface area contributed by atoms with Crippen LogP contribution >= 0.6 is 11.8 Å². The van der Waals surface area contributed by atoms with Crippen molar-refractivity contribution in [2.24, 2.45) is 4.99 Å². The molecule has 0 bridgehead atoms. The molecule has 1 saturated heterocycles. The smallest absolute Gasteiger partial charge is 0.244 e. The predicted octanol–water partition coefficient (Wildman–Crippen LogP) is 2.43. The van der Waals surface area contributed by atoms with Crippen LogP contribution in [0.4, 0.5) is 0 Å². The molecule has 1 aliphatic rings. The lowest BCUT2D eigenvalue weighted by molar-refractivity contribution is -0.128. The second-order valence-corrected chi connectivity index (χ2v) is 6.84. The van der Waals surface area contributed by atoms with E-state index in [-0.39, 0.29) is 12.5 Å². The molecule has 0 aliphatic carbocycles. The number of amides is 1. The molecule has 6 heteroatoms. The predicted molar refractivity (Wildman–Crippen MR) is 101 cm³/mol. The van der Waals surface area contributed by atoms with Crippen LogP contribution in [-0.2, 0) is 11.3 Å². The van der Waals surface area contributed by atoms with E-state index in [9.17, 15) is 4.79 Å². The van der Waals surface area contributed by atoms with Gasteiger partial charge in [0, 0.05) is 38.1 Å². The molecule has 1 aliphatic heterocycles. The number of rotatable bonds is 6. The van der Waals surface area contributed by atoms with E-state index in [0.717, 1.165) is 45.0 Å². The van der Waals surface area contributed by atoms with Gasteiger partial charge in [-0.25, -0.2) is 4.99 Å². The zero-order valence-corrected chi connectivity index (χ0v) is 15.7. The highest BCUT2D eigenvalue weighted by Crippen LogP contribution is 2.15. The zero-order chi connectivity index (χ0) is 17.4. The van der Waals surface area contributed by atoms with Crippen LogP contribution in [0.1, 0.15) is 25.3 Å². The van der Waals surface area contributed by atoms with Crippen LogP contribution in [0.2, 0.25) is 0 Å². The van der Waals surface area contributed by atoms with Gasteiger partial charge in [0.25, 0.3) is 0 Å². The molecule has 5 nitrogen and oxygen atoms in total. The fourth-order valence-electron chi connectivity index (χ4n) is 2.76. The minimum absolute atomic E-state index is 0.126. The first-order valence-corrected chi connectivity index (χ1v) is 9.76. The van der Waals surface area contributed by atoms with Gasteiger partial charge in [0.05, 0.1) is 0 Å². The molecule has 0 aromatic heterocycles. The molecule has 1 heterocycles. The summed E-state index contributed by atoms with van der Waals surface area (Å²) in [6.07, 6.45) is 4.30. The van der Waals surface area contributed by atoms with Gasteiger partial charge >= 0.3 is 0 Å². The average Bonchev–Trinajstić information content (AvgIpc) is 3.13. The largest absolute Gasteiger partial charge is 0.357 e. The minimum Gasteiger partial charge on any atom is -0.357 e. The van der Waals surface area contributed by atoms with Gasteiger partial charge < -0.3 is 15.1 Å². The van der Waals surface area contributed by atoms with Crippen molar-refractivity contribution in [2.45, 2.75) is 31.2 Å². The topological polar surface area (TPSA) is 47.9 Å². The zero-order valence-electron chi connectivity index (χ0n) is 14.9. The van der Waals surface area contributed by atoms with Crippen molar-refractivity contribution >= 4 is 23.6 Å². The summed E-state index contributed by atoms with van der Waals surface area (Å²) in [6, 6.07) is 8.55. The molecule has 0 atom stereocenters. The van der Waals surface area contributed by atoms with Crippen molar-refractivity contribution < 1.29 is 4.79 Å². The van der Waals surface area contributed by atoms with Crippen LogP contribution in [0.3, 0.4) is 0 Å². The van der Waals surface area contributed by atoms with Crippen LogP contribution in [0.15, 0.2) is 34.2 Å². The number of benzene rings is 1. The lowest BCUT2D eigenvalue weighted by Gasteiger charge is -2.22. The lowest BCUT2D eigenvalue weighted by Crippen LogP contribution is -2.39. The van der Waals surface area contributed by atoms with Gasteiger partial charge in [0.2, 0.25) is 5.91 Å². The molecule has 2 rings (SSSR count). The normalized spacial score (nSPS) is 14.8. The molecule has 1 N–H and O–H groups in total. The van der Waals surface area contributed by atoms with Crippen LogP contribution in [-0.4, -0.2) is 61.1 Å². The Labute approximate surface area is 149 Å². The number of hydrogen-bond acceptors (Lipinski definition) is 3. The van der Waals surface area contributed by atoms with Crippen molar-refractivity contribution in [3.63, 3.8) is 0 Å². The molecule has 0 radical (unpaired) electrons. The SMILES string of the molecule is CCNC(=NCC(=O)N1CCCC1)N(C)Cc1ccc(SC)cc1. The maximum Gasteiger partial charge on any atom is 0.244 e. The van der Waals surface area contributed by atoms with Crippen molar-refractivity contribution in [3.05, 3.63) is 29.8 Å². The van der Waals surface area contributed by atoms with Gasteiger partial charge in [0.15, 0.2) is 5.96 Å². The minimum atomic E-state index is 0.126. The number of likely N-dealkylation sites (tertiary alicyclic amines) is 1. The summed E-state index contributed by atoms with van der Waals surface area (Å²) in [4.78, 5) is 21.9. The Morgan fingerprint density at radius 2 is 1.96 bits per heavy atom. The summed E-state index contributed by atoms with van der Waals surface area (Å²) in [5.74, 6) is 0.902. The van der Waals surface area contributed by atoms with Gasteiger partial charge in [-0.3, -0.25) is 4.79 Å². The monoisotopic (exact) mass is 348 g/mol. The highest BCUT2D eigenvalue weighted by molar-refractivity contribution is 7.98. The summed E-state index contributed by atoms with van der Waals surface area (Å²) in [5.41, 5.74) is 1.23. The quantitative estimate of drug-likeness (QED) is 0.487. The molecular formula is C18H28N4OS. The standard InChI is InChI=1S/C18H28N4OS/c1-4-19-18(20-13-17(23)22-11-5-6-12-22)21(2)14-15-7-9-16(24-3)10-8-15/h7-10H,4-6,11-14H2,1-3H3,(H,19,20). The second-order valence-electron chi connectivity index (χ2n) is 5.96. The molecule has 132 valence electrons. The highest BCUT2D eigenvalue weighted by Gasteiger charge is 2.17. The highest BCUT2D eigenvalue weighted by atomic mass is 32.2. The molecule has 0 spiro atoms. The van der Waals surface area contributed by atoms with Gasteiger partial charge in [-0.1, -0.05) is 12.1 Å². The number of thioether (sulfide) groups is 1. The number of hydrogen-bond donors (Lipinski definition) is 1. The van der Waals surface area contributed by atoms with E-state index < -0.39 is 0 Å². The Morgan fingerprint density at radius 3 is 2.54 bits per heavy atom. The molecular weight excluding hydrogens is 320 g/mol. The van der Waals surface area contributed by atoms with E-state index in [1.807, 2.05) is 18.9 Å². The van der Waals surface area contributed by atoms with Crippen LogP contribution in [0, 0.1) is 0 Å². The Balaban J connectivity index is 1.96. The molecule has 1 fully saturated rings. The first-order valence-electron chi connectivity index (χ1n) is 8.54. The lowest BCUT2D eigenvalue weighted by atomic mass is 10.2. The number of aliphatic imine (C=N–C) groups is 1. The van der Waals surface area contributed by atoms with Crippen molar-refractivity contribution in [3.8, 4) is 0 Å². The van der Waals surface area contributed by atoms with E-state index in [1.54, 1.807) is 11.8 Å². The molecule has 1 amide bonds. The van der Waals surface area contributed by atoms with Crippen molar-refractivity contribution in [1.29, 1.82) is 0 Å². The molecule has 1 aromatic rings. The van der Waals surface area contributed by atoms with Gasteiger partial charge in [0.1, 0.15) is 6.54 Å². The molecule has 24 heavy (non-hydrogen) atoms. The Kier molecular flexibility index (Phi) is 7.43. The molecule has 0 unspecified atom stereocenters. The van der Waals surface area contributed by atoms with Crippen molar-refractivity contribution in [2.75, 3.05) is 39.5 Å². The van der Waals surface area contributed by atoms with Gasteiger partial charge in [-0.15, -0.1) is 11.8 Å². The summed E-state index contributed by atoms with van der Waals surface area (Å²) in [7, 11) is 2.00. The maximum atomic E-state index is 12.2. The fourth-order valence-corrected chi connectivity index (χ4v) is 3.17.